The fourth-order valence-corrected chi connectivity index (χ4v) is 3.58. The number of furan rings is 1. The normalized spacial score (nSPS) is 11.9. The van der Waals surface area contributed by atoms with Crippen molar-refractivity contribution in [1.82, 2.24) is 5.32 Å². The minimum Gasteiger partial charge on any atom is -0.455 e. The Kier molecular flexibility index (Phi) is 6.00. The van der Waals surface area contributed by atoms with Crippen LogP contribution in [0.15, 0.2) is 74.4 Å². The lowest BCUT2D eigenvalue weighted by molar-refractivity contribution is 0.0921. The van der Waals surface area contributed by atoms with Crippen LogP contribution in [0, 0.1) is 5.82 Å². The average Bonchev–Trinajstić information content (AvgIpc) is 3.09. The number of rotatable bonds is 6. The second kappa shape index (κ2) is 8.42. The van der Waals surface area contributed by atoms with Crippen molar-refractivity contribution in [3.8, 4) is 0 Å². The summed E-state index contributed by atoms with van der Waals surface area (Å²) in [5.74, 6) is 0.00693. The van der Waals surface area contributed by atoms with Gasteiger partial charge in [-0.05, 0) is 54.1 Å². The predicted molar refractivity (Wildman–Crippen MR) is 101 cm³/mol. The molecule has 0 aliphatic heterocycles. The number of nitrogens with one attached hydrogen (secondary N) is 1. The van der Waals surface area contributed by atoms with E-state index in [-0.39, 0.29) is 23.9 Å². The molecule has 0 bridgehead atoms. The maximum absolute atomic E-state index is 13.1. The molecule has 134 valence electrons. The van der Waals surface area contributed by atoms with E-state index in [0.717, 1.165) is 4.47 Å². The zero-order valence-electron chi connectivity index (χ0n) is 13.6. The monoisotopic (exact) mass is 435 g/mol. The highest BCUT2D eigenvalue weighted by Crippen LogP contribution is 2.18. The molecule has 7 heteroatoms. The summed E-state index contributed by atoms with van der Waals surface area (Å²) in [5.41, 5.74) is 0.654. The fraction of sp³-hybridized carbons (Fsp3) is 0.105. The van der Waals surface area contributed by atoms with Crippen molar-refractivity contribution < 1.29 is 17.8 Å². The molecule has 1 N–H and O–H groups in total. The van der Waals surface area contributed by atoms with E-state index in [0.29, 0.717) is 16.2 Å². The van der Waals surface area contributed by atoms with Gasteiger partial charge in [-0.3, -0.25) is 9.00 Å². The van der Waals surface area contributed by atoms with E-state index in [9.17, 15) is 13.4 Å². The molecule has 1 amide bonds. The highest BCUT2D eigenvalue weighted by Gasteiger charge is 2.13. The van der Waals surface area contributed by atoms with Crippen LogP contribution in [0.3, 0.4) is 0 Å². The molecule has 0 unspecified atom stereocenters. The highest BCUT2D eigenvalue weighted by atomic mass is 79.9. The topological polar surface area (TPSA) is 59.3 Å². The molecule has 1 atom stereocenters. The van der Waals surface area contributed by atoms with Crippen molar-refractivity contribution in [1.29, 1.82) is 0 Å². The van der Waals surface area contributed by atoms with Gasteiger partial charge in [0, 0.05) is 15.9 Å². The zero-order chi connectivity index (χ0) is 18.5. The summed E-state index contributed by atoms with van der Waals surface area (Å²) in [6.07, 6.45) is 0. The Bertz CT molecular complexity index is 940. The van der Waals surface area contributed by atoms with Gasteiger partial charge in [-0.25, -0.2) is 4.39 Å². The van der Waals surface area contributed by atoms with Crippen molar-refractivity contribution in [2.45, 2.75) is 17.2 Å². The summed E-state index contributed by atoms with van der Waals surface area (Å²) in [7, 11) is -1.27. The SMILES string of the molecule is O=C(NCc1cccc(F)c1)c1ccc(C[S@@](=O)c2ccc(Br)cc2)o1. The molecule has 2 aromatic carbocycles. The minimum absolute atomic E-state index is 0.129. The van der Waals surface area contributed by atoms with E-state index >= 15 is 0 Å². The van der Waals surface area contributed by atoms with Crippen molar-refractivity contribution in [3.63, 3.8) is 0 Å². The first-order chi connectivity index (χ1) is 12.5. The molecule has 26 heavy (non-hydrogen) atoms. The summed E-state index contributed by atoms with van der Waals surface area (Å²) in [5, 5.41) is 2.67. The molecule has 1 aromatic heterocycles. The standard InChI is InChI=1S/C19H15BrFNO3S/c20-14-4-7-17(8-5-14)26(24)12-16-6-9-18(25-16)19(23)22-11-13-2-1-3-15(21)10-13/h1-10H,11-12H2,(H,22,23)/t26-/m1/s1. The van der Waals surface area contributed by atoms with Crippen LogP contribution in [-0.2, 0) is 23.1 Å². The molecule has 0 fully saturated rings. The average molecular weight is 436 g/mol. The van der Waals surface area contributed by atoms with E-state index in [4.69, 9.17) is 4.42 Å². The second-order valence-corrected chi connectivity index (χ2v) is 7.89. The van der Waals surface area contributed by atoms with E-state index in [1.165, 1.54) is 18.2 Å². The minimum atomic E-state index is -1.27. The van der Waals surface area contributed by atoms with Crippen LogP contribution in [0.1, 0.15) is 21.9 Å². The number of benzene rings is 2. The number of hydrogen-bond acceptors (Lipinski definition) is 3. The molecule has 3 aromatic rings. The molecular weight excluding hydrogens is 421 g/mol. The molecular formula is C19H15BrFNO3S. The quantitative estimate of drug-likeness (QED) is 0.623. The third kappa shape index (κ3) is 4.89. The number of carbonyl (C=O) groups excluding carboxylic acids is 1. The molecule has 3 rings (SSSR count). The summed E-state index contributed by atoms with van der Waals surface area (Å²) >= 11 is 3.33. The highest BCUT2D eigenvalue weighted by molar-refractivity contribution is 9.10. The maximum atomic E-state index is 13.1. The summed E-state index contributed by atoms with van der Waals surface area (Å²) < 4.78 is 31.9. The Morgan fingerprint density at radius 2 is 1.88 bits per heavy atom. The van der Waals surface area contributed by atoms with Crippen LogP contribution in [0.25, 0.3) is 0 Å². The predicted octanol–water partition coefficient (Wildman–Crippen LogP) is 4.42. The van der Waals surface area contributed by atoms with Gasteiger partial charge in [0.2, 0.25) is 0 Å². The van der Waals surface area contributed by atoms with Crippen molar-refractivity contribution in [3.05, 3.63) is 88.0 Å². The summed E-state index contributed by atoms with van der Waals surface area (Å²) in [6, 6.07) is 16.4. The molecule has 0 spiro atoms. The van der Waals surface area contributed by atoms with Gasteiger partial charge in [0.1, 0.15) is 11.6 Å². The third-order valence-electron chi connectivity index (χ3n) is 3.58. The lowest BCUT2D eigenvalue weighted by atomic mass is 10.2. The van der Waals surface area contributed by atoms with E-state index in [2.05, 4.69) is 21.2 Å². The molecule has 0 aliphatic rings. The number of carbonyl (C=O) groups is 1. The van der Waals surface area contributed by atoms with Gasteiger partial charge >= 0.3 is 0 Å². The summed E-state index contributed by atoms with van der Waals surface area (Å²) in [6.45, 7) is 0.192. The van der Waals surface area contributed by atoms with Crippen molar-refractivity contribution in [2.75, 3.05) is 0 Å². The van der Waals surface area contributed by atoms with Gasteiger partial charge in [0.15, 0.2) is 5.76 Å². The number of amides is 1. The fourth-order valence-electron chi connectivity index (χ4n) is 2.29. The van der Waals surface area contributed by atoms with Crippen LogP contribution in [-0.4, -0.2) is 10.1 Å². The first-order valence-corrected chi connectivity index (χ1v) is 9.88. The van der Waals surface area contributed by atoms with Crippen LogP contribution in [0.4, 0.5) is 4.39 Å². The van der Waals surface area contributed by atoms with Crippen molar-refractivity contribution >= 4 is 32.6 Å². The van der Waals surface area contributed by atoms with E-state index in [1.54, 1.807) is 30.3 Å². The van der Waals surface area contributed by atoms with Crippen LogP contribution < -0.4 is 5.32 Å². The van der Waals surface area contributed by atoms with Crippen LogP contribution in [0.2, 0.25) is 0 Å². The Morgan fingerprint density at radius 3 is 2.62 bits per heavy atom. The lowest BCUT2D eigenvalue weighted by Gasteiger charge is -2.04. The molecule has 0 saturated heterocycles. The van der Waals surface area contributed by atoms with Crippen molar-refractivity contribution in [2.24, 2.45) is 0 Å². The first kappa shape index (κ1) is 18.5. The lowest BCUT2D eigenvalue weighted by Crippen LogP contribution is -2.22. The zero-order valence-corrected chi connectivity index (χ0v) is 16.0. The Hall–Kier alpha value is -2.25. The van der Waals surface area contributed by atoms with Gasteiger partial charge in [0.25, 0.3) is 5.91 Å². The van der Waals surface area contributed by atoms with Crippen LogP contribution >= 0.6 is 15.9 Å². The van der Waals surface area contributed by atoms with Gasteiger partial charge in [-0.1, -0.05) is 28.1 Å². The molecule has 0 radical (unpaired) electrons. The maximum Gasteiger partial charge on any atom is 0.287 e. The summed E-state index contributed by atoms with van der Waals surface area (Å²) in [4.78, 5) is 12.8. The number of halogens is 2. The first-order valence-electron chi connectivity index (χ1n) is 7.76. The molecule has 0 aliphatic carbocycles. The van der Waals surface area contributed by atoms with E-state index in [1.807, 2.05) is 12.1 Å². The molecule has 4 nitrogen and oxygen atoms in total. The Morgan fingerprint density at radius 1 is 1.12 bits per heavy atom. The Balaban J connectivity index is 1.59. The smallest absolute Gasteiger partial charge is 0.287 e. The van der Waals surface area contributed by atoms with Gasteiger partial charge < -0.3 is 9.73 Å². The molecule has 1 heterocycles. The Labute approximate surface area is 161 Å². The second-order valence-electron chi connectivity index (χ2n) is 5.52. The molecule has 0 saturated carbocycles. The van der Waals surface area contributed by atoms with Gasteiger partial charge in [-0.2, -0.15) is 0 Å². The van der Waals surface area contributed by atoms with Gasteiger partial charge in [0.05, 0.1) is 16.6 Å². The van der Waals surface area contributed by atoms with E-state index < -0.39 is 16.7 Å². The third-order valence-corrected chi connectivity index (χ3v) is 5.45. The van der Waals surface area contributed by atoms with Crippen LogP contribution in [0.5, 0.6) is 0 Å². The van der Waals surface area contributed by atoms with Gasteiger partial charge in [-0.15, -0.1) is 0 Å². The number of hydrogen-bond donors (Lipinski definition) is 1. The largest absolute Gasteiger partial charge is 0.455 e.